The molecule has 5 heteroatoms. The second-order valence-electron chi connectivity index (χ2n) is 11.8. The van der Waals surface area contributed by atoms with Gasteiger partial charge >= 0.3 is 0 Å². The van der Waals surface area contributed by atoms with E-state index in [1.807, 2.05) is 66.7 Å². The molecule has 212 valence electrons. The molecule has 1 saturated carbocycles. The summed E-state index contributed by atoms with van der Waals surface area (Å²) < 4.78 is 19.3. The van der Waals surface area contributed by atoms with Crippen LogP contribution in [0.4, 0.5) is 0 Å². The summed E-state index contributed by atoms with van der Waals surface area (Å²) in [6.45, 7) is 7.75. The van der Waals surface area contributed by atoms with Gasteiger partial charge in [0.25, 0.3) is 8.32 Å². The molecule has 0 bridgehead atoms. The summed E-state index contributed by atoms with van der Waals surface area (Å²) in [4.78, 5) is 13.3. The maximum atomic E-state index is 13.3. The topological polar surface area (TPSA) is 44.8 Å². The van der Waals surface area contributed by atoms with E-state index < -0.39 is 14.4 Å². The van der Waals surface area contributed by atoms with E-state index in [0.29, 0.717) is 25.4 Å². The fraction of sp³-hybridized carbons (Fsp3) is 0.306. The number of ether oxygens (including phenoxy) is 2. The Kier molecular flexibility index (Phi) is 9.06. The van der Waals surface area contributed by atoms with Crippen LogP contribution in [-0.2, 0) is 15.8 Å². The van der Waals surface area contributed by atoms with E-state index in [2.05, 4.69) is 69.3 Å². The molecule has 4 aromatic rings. The molecule has 5 rings (SSSR count). The maximum Gasteiger partial charge on any atom is 0.261 e. The van der Waals surface area contributed by atoms with Crippen molar-refractivity contribution in [3.63, 3.8) is 0 Å². The highest BCUT2D eigenvalue weighted by atomic mass is 28.4. The Morgan fingerprint density at radius 1 is 0.756 bits per heavy atom. The van der Waals surface area contributed by atoms with Crippen LogP contribution in [-0.4, -0.2) is 26.8 Å². The Morgan fingerprint density at radius 3 is 1.78 bits per heavy atom. The monoisotopic (exact) mass is 564 g/mol. The fourth-order valence-electron chi connectivity index (χ4n) is 5.49. The molecule has 1 aliphatic carbocycles. The Labute approximate surface area is 245 Å². The quantitative estimate of drug-likeness (QED) is 0.165. The number of hydrogen-bond donors (Lipinski definition) is 0. The summed E-state index contributed by atoms with van der Waals surface area (Å²) in [7, 11) is -2.68. The van der Waals surface area contributed by atoms with Crippen LogP contribution >= 0.6 is 0 Å². The number of carbonyl (C=O) groups is 1. The van der Waals surface area contributed by atoms with Crippen LogP contribution < -0.4 is 19.8 Å². The zero-order chi connectivity index (χ0) is 28.7. The van der Waals surface area contributed by atoms with Crippen LogP contribution in [0.5, 0.6) is 11.5 Å². The van der Waals surface area contributed by atoms with E-state index >= 15 is 0 Å². The summed E-state index contributed by atoms with van der Waals surface area (Å²) in [6, 6.07) is 38.9. The lowest BCUT2D eigenvalue weighted by Gasteiger charge is -2.43. The number of benzene rings is 4. The van der Waals surface area contributed by atoms with Crippen molar-refractivity contribution >= 4 is 24.5 Å². The van der Waals surface area contributed by atoms with E-state index in [1.54, 1.807) is 0 Å². The predicted molar refractivity (Wildman–Crippen MR) is 168 cm³/mol. The molecule has 0 aliphatic heterocycles. The smallest absolute Gasteiger partial charge is 0.261 e. The highest BCUT2D eigenvalue weighted by Crippen LogP contribution is 2.37. The first-order valence-electron chi connectivity index (χ1n) is 14.6. The van der Waals surface area contributed by atoms with Gasteiger partial charge in [-0.25, -0.2) is 0 Å². The summed E-state index contributed by atoms with van der Waals surface area (Å²) in [5, 5.41) is 2.34. The van der Waals surface area contributed by atoms with Crippen molar-refractivity contribution in [3.05, 3.63) is 121 Å². The summed E-state index contributed by atoms with van der Waals surface area (Å²) >= 11 is 0. The number of ketones is 1. The van der Waals surface area contributed by atoms with E-state index in [9.17, 15) is 4.79 Å². The Morgan fingerprint density at radius 2 is 1.27 bits per heavy atom. The Bertz CT molecular complexity index is 1340. The van der Waals surface area contributed by atoms with Crippen molar-refractivity contribution < 1.29 is 18.7 Å². The average Bonchev–Trinajstić information content (AvgIpc) is 3.85. The second kappa shape index (κ2) is 12.9. The van der Waals surface area contributed by atoms with E-state index in [0.717, 1.165) is 24.2 Å². The molecule has 0 saturated heterocycles. The first-order valence-corrected chi connectivity index (χ1v) is 16.5. The van der Waals surface area contributed by atoms with Gasteiger partial charge in [-0.05, 0) is 58.1 Å². The van der Waals surface area contributed by atoms with Gasteiger partial charge in [0, 0.05) is 18.9 Å². The summed E-state index contributed by atoms with van der Waals surface area (Å²) in [5.74, 6) is 1.71. The van der Waals surface area contributed by atoms with Gasteiger partial charge in [0.1, 0.15) is 18.1 Å². The predicted octanol–water partition coefficient (Wildman–Crippen LogP) is 6.96. The van der Waals surface area contributed by atoms with Gasteiger partial charge in [0.15, 0.2) is 11.9 Å². The van der Waals surface area contributed by atoms with Crippen molar-refractivity contribution in [2.75, 3.05) is 6.61 Å². The third kappa shape index (κ3) is 6.98. The van der Waals surface area contributed by atoms with Crippen LogP contribution in [0, 0.1) is 5.92 Å². The van der Waals surface area contributed by atoms with Crippen molar-refractivity contribution in [2.24, 2.45) is 5.92 Å². The van der Waals surface area contributed by atoms with Crippen molar-refractivity contribution in [1.29, 1.82) is 0 Å². The van der Waals surface area contributed by atoms with Gasteiger partial charge < -0.3 is 13.9 Å². The van der Waals surface area contributed by atoms with Gasteiger partial charge in [-0.2, -0.15) is 0 Å². The summed E-state index contributed by atoms with van der Waals surface area (Å²) in [6.07, 6.45) is 1.85. The lowest BCUT2D eigenvalue weighted by molar-refractivity contribution is -0.127. The Balaban J connectivity index is 1.31. The number of Topliss-reactive ketones (excluding diaryl/α,β-unsaturated/α-hetero) is 1. The molecule has 0 radical (unpaired) electrons. The first-order chi connectivity index (χ1) is 19.9. The van der Waals surface area contributed by atoms with Crippen molar-refractivity contribution in [2.45, 2.75) is 57.8 Å². The minimum absolute atomic E-state index is 0.0985. The first kappa shape index (κ1) is 28.8. The highest BCUT2D eigenvalue weighted by Gasteiger charge is 2.50. The normalized spacial score (nSPS) is 14.3. The molecule has 4 nitrogen and oxygen atoms in total. The molecule has 1 aliphatic rings. The zero-order valence-electron chi connectivity index (χ0n) is 24.3. The van der Waals surface area contributed by atoms with E-state index in [1.165, 1.54) is 10.4 Å². The molecule has 0 aromatic heterocycles. The average molecular weight is 565 g/mol. The fourth-order valence-corrected chi connectivity index (χ4v) is 10.1. The second-order valence-corrected chi connectivity index (χ2v) is 16.1. The molecule has 41 heavy (non-hydrogen) atoms. The molecule has 1 fully saturated rings. The lowest BCUT2D eigenvalue weighted by Crippen LogP contribution is -2.66. The van der Waals surface area contributed by atoms with Crippen LogP contribution in [0.15, 0.2) is 115 Å². The molecule has 0 amide bonds. The van der Waals surface area contributed by atoms with Gasteiger partial charge in [0.05, 0.1) is 0 Å². The molecule has 0 heterocycles. The minimum Gasteiger partial charge on any atom is -0.489 e. The van der Waals surface area contributed by atoms with Crippen LogP contribution in [0.1, 0.15) is 45.6 Å². The van der Waals surface area contributed by atoms with Crippen LogP contribution in [0.3, 0.4) is 0 Å². The van der Waals surface area contributed by atoms with Gasteiger partial charge in [-0.3, -0.25) is 4.79 Å². The molecule has 0 spiro atoms. The highest BCUT2D eigenvalue weighted by molar-refractivity contribution is 6.99. The van der Waals surface area contributed by atoms with Crippen LogP contribution in [0.2, 0.25) is 5.04 Å². The van der Waals surface area contributed by atoms with Crippen molar-refractivity contribution in [1.82, 2.24) is 0 Å². The molecule has 1 unspecified atom stereocenters. The lowest BCUT2D eigenvalue weighted by atomic mass is 10.1. The molecule has 4 aromatic carbocycles. The SMILES string of the molecule is CC(C)(C)[Si](OCCC(Oc1ccc(OCc2ccccc2)cc1)C(=O)C1CC1)(c1ccccc1)c1ccccc1. The number of rotatable bonds is 13. The third-order valence-corrected chi connectivity index (χ3v) is 12.8. The van der Waals surface area contributed by atoms with Gasteiger partial charge in [-0.1, -0.05) is 112 Å². The number of carbonyl (C=O) groups excluding carboxylic acids is 1. The molecule has 1 atom stereocenters. The van der Waals surface area contributed by atoms with E-state index in [4.69, 9.17) is 13.9 Å². The Hall–Kier alpha value is -3.67. The largest absolute Gasteiger partial charge is 0.489 e. The zero-order valence-corrected chi connectivity index (χ0v) is 25.3. The molecule has 0 N–H and O–H groups in total. The number of hydrogen-bond acceptors (Lipinski definition) is 4. The van der Waals surface area contributed by atoms with Gasteiger partial charge in [0.2, 0.25) is 0 Å². The van der Waals surface area contributed by atoms with Gasteiger partial charge in [-0.15, -0.1) is 0 Å². The minimum atomic E-state index is -2.68. The summed E-state index contributed by atoms with van der Waals surface area (Å²) in [5.41, 5.74) is 1.11. The molecular formula is C36H40O4Si. The van der Waals surface area contributed by atoms with Crippen LogP contribution in [0.25, 0.3) is 0 Å². The third-order valence-electron chi connectivity index (χ3n) is 7.76. The van der Waals surface area contributed by atoms with Crippen molar-refractivity contribution in [3.8, 4) is 11.5 Å². The molecular weight excluding hydrogens is 524 g/mol. The maximum absolute atomic E-state index is 13.3. The van der Waals surface area contributed by atoms with E-state index in [-0.39, 0.29) is 16.7 Å². The standard InChI is InChI=1S/C36H40O4Si/c1-36(2,3)41(32-15-9-5-10-16-32,33-17-11-6-12-18-33)39-26-25-34(35(37)29-19-20-29)40-31-23-21-30(22-24-31)38-27-28-13-7-4-8-14-28/h4-18,21-24,29,34H,19-20,25-27H2,1-3H3.